The highest BCUT2D eigenvalue weighted by molar-refractivity contribution is 14.0. The Morgan fingerprint density at radius 3 is 2.43 bits per heavy atom. The summed E-state index contributed by atoms with van der Waals surface area (Å²) in [5.74, 6) is 0.719. The van der Waals surface area contributed by atoms with E-state index in [0.29, 0.717) is 25.5 Å². The highest BCUT2D eigenvalue weighted by Crippen LogP contribution is 2.10. The molecule has 0 aliphatic carbocycles. The van der Waals surface area contributed by atoms with Crippen LogP contribution in [0.2, 0.25) is 0 Å². The minimum atomic E-state index is 0. The van der Waals surface area contributed by atoms with Gasteiger partial charge in [0.05, 0.1) is 5.69 Å². The number of nitrogens with zero attached hydrogens (tertiary/aromatic N) is 3. The van der Waals surface area contributed by atoms with Gasteiger partial charge in [-0.25, -0.2) is 0 Å². The number of hydrogen-bond acceptors (Lipinski definition) is 3. The molecule has 0 atom stereocenters. The maximum absolute atomic E-state index is 11.6. The van der Waals surface area contributed by atoms with Gasteiger partial charge in [0, 0.05) is 50.9 Å². The molecule has 23 heavy (non-hydrogen) atoms. The first-order chi connectivity index (χ1) is 10.3. The summed E-state index contributed by atoms with van der Waals surface area (Å²) >= 11 is 0. The maximum Gasteiger partial charge on any atom is 0.221 e. The molecule has 1 amide bonds. The molecule has 1 aromatic heterocycles. The number of rotatable bonds is 6. The molecule has 1 rings (SSSR count). The van der Waals surface area contributed by atoms with Crippen LogP contribution in [0.4, 0.5) is 0 Å². The van der Waals surface area contributed by atoms with Crippen molar-refractivity contribution in [3.05, 3.63) is 17.0 Å². The molecule has 0 saturated heterocycles. The molecule has 1 aromatic rings. The Labute approximate surface area is 155 Å². The Kier molecular flexibility index (Phi) is 9.85. The molecule has 0 unspecified atom stereocenters. The van der Waals surface area contributed by atoms with E-state index in [1.807, 2.05) is 39.4 Å². The van der Waals surface area contributed by atoms with Gasteiger partial charge in [-0.2, -0.15) is 5.10 Å². The fourth-order valence-corrected chi connectivity index (χ4v) is 2.15. The molecule has 0 spiro atoms. The summed E-state index contributed by atoms with van der Waals surface area (Å²) in [4.78, 5) is 15.7. The van der Waals surface area contributed by atoms with E-state index in [1.165, 1.54) is 5.56 Å². The zero-order valence-electron chi connectivity index (χ0n) is 14.9. The van der Waals surface area contributed by atoms with E-state index >= 15 is 0 Å². The zero-order valence-corrected chi connectivity index (χ0v) is 17.2. The minimum absolute atomic E-state index is 0. The van der Waals surface area contributed by atoms with E-state index < -0.39 is 0 Å². The summed E-state index contributed by atoms with van der Waals surface area (Å²) < 4.78 is 1.87. The van der Waals surface area contributed by atoms with Crippen molar-refractivity contribution in [2.24, 2.45) is 12.0 Å². The van der Waals surface area contributed by atoms with Crippen LogP contribution in [0.5, 0.6) is 0 Å². The first-order valence-electron chi connectivity index (χ1n) is 7.58. The molecule has 132 valence electrons. The van der Waals surface area contributed by atoms with Crippen LogP contribution in [-0.2, 0) is 18.4 Å². The van der Waals surface area contributed by atoms with Gasteiger partial charge in [-0.3, -0.25) is 14.5 Å². The topological polar surface area (TPSA) is 83.3 Å². The summed E-state index contributed by atoms with van der Waals surface area (Å²) in [5.41, 5.74) is 3.32. The quantitative estimate of drug-likeness (QED) is 0.356. The van der Waals surface area contributed by atoms with Crippen molar-refractivity contribution >= 4 is 35.8 Å². The van der Waals surface area contributed by atoms with Crippen LogP contribution in [0.25, 0.3) is 0 Å². The molecule has 0 aromatic carbocycles. The molecule has 0 aliphatic rings. The number of carbonyl (C=O) groups excluding carboxylic acids is 1. The molecular weight excluding hydrogens is 407 g/mol. The second-order valence-corrected chi connectivity index (χ2v) is 5.60. The predicted molar refractivity (Wildman–Crippen MR) is 104 cm³/mol. The third kappa shape index (κ3) is 7.19. The number of aliphatic imine (C=N–C) groups is 1. The Hall–Kier alpha value is -1.32. The number of aromatic nitrogens is 2. The number of guanidine groups is 1. The number of aryl methyl sites for hydroxylation is 2. The van der Waals surface area contributed by atoms with Crippen LogP contribution in [0.15, 0.2) is 4.99 Å². The van der Waals surface area contributed by atoms with E-state index in [0.717, 1.165) is 11.4 Å². The largest absolute Gasteiger partial charge is 0.356 e. The summed E-state index contributed by atoms with van der Waals surface area (Å²) in [5, 5.41) is 13.6. The lowest BCUT2D eigenvalue weighted by Gasteiger charge is -2.13. The standard InChI is InChI=1S/C15H28N6O.HI/c1-10(2)19-14(22)7-8-17-15(16-5)18-9-13-11(3)20-21(6)12(13)4;/h10H,7-9H2,1-6H3,(H,19,22)(H2,16,17,18);1H. The van der Waals surface area contributed by atoms with Crippen molar-refractivity contribution in [3.63, 3.8) is 0 Å². The number of halogens is 1. The first kappa shape index (κ1) is 21.7. The fraction of sp³-hybridized carbons (Fsp3) is 0.667. The predicted octanol–water partition coefficient (Wildman–Crippen LogP) is 1.23. The van der Waals surface area contributed by atoms with Gasteiger partial charge in [-0.15, -0.1) is 24.0 Å². The lowest BCUT2D eigenvalue weighted by molar-refractivity contribution is -0.121. The van der Waals surface area contributed by atoms with Crippen LogP contribution in [-0.4, -0.2) is 41.3 Å². The van der Waals surface area contributed by atoms with E-state index in [-0.39, 0.29) is 35.9 Å². The van der Waals surface area contributed by atoms with E-state index in [2.05, 4.69) is 26.0 Å². The Balaban J connectivity index is 0.00000484. The molecular formula is C15H29IN6O. The lowest BCUT2D eigenvalue weighted by Crippen LogP contribution is -2.39. The van der Waals surface area contributed by atoms with Crippen molar-refractivity contribution in [2.75, 3.05) is 13.6 Å². The molecule has 0 aliphatic heterocycles. The highest BCUT2D eigenvalue weighted by Gasteiger charge is 2.10. The molecule has 7 nitrogen and oxygen atoms in total. The van der Waals surface area contributed by atoms with Crippen molar-refractivity contribution < 1.29 is 4.79 Å². The zero-order chi connectivity index (χ0) is 16.7. The second-order valence-electron chi connectivity index (χ2n) is 5.60. The molecule has 3 N–H and O–H groups in total. The van der Waals surface area contributed by atoms with Crippen LogP contribution >= 0.6 is 24.0 Å². The highest BCUT2D eigenvalue weighted by atomic mass is 127. The fourth-order valence-electron chi connectivity index (χ4n) is 2.15. The SMILES string of the molecule is CN=C(NCCC(=O)NC(C)C)NCc1c(C)nn(C)c1C.I. The summed E-state index contributed by atoms with van der Waals surface area (Å²) in [6.45, 7) is 9.14. The monoisotopic (exact) mass is 436 g/mol. The Bertz CT molecular complexity index is 538. The van der Waals surface area contributed by atoms with Crippen LogP contribution in [0.3, 0.4) is 0 Å². The molecule has 0 saturated carbocycles. The number of amides is 1. The van der Waals surface area contributed by atoms with Gasteiger partial charge in [0.1, 0.15) is 0 Å². The second kappa shape index (κ2) is 10.5. The third-order valence-electron chi connectivity index (χ3n) is 3.41. The Morgan fingerprint density at radius 2 is 1.96 bits per heavy atom. The molecule has 8 heteroatoms. The molecule has 0 bridgehead atoms. The smallest absolute Gasteiger partial charge is 0.221 e. The number of hydrogen-bond donors (Lipinski definition) is 3. The van der Waals surface area contributed by atoms with Crippen LogP contribution in [0, 0.1) is 13.8 Å². The van der Waals surface area contributed by atoms with Gasteiger partial charge >= 0.3 is 0 Å². The van der Waals surface area contributed by atoms with Gasteiger partial charge in [0.15, 0.2) is 5.96 Å². The minimum Gasteiger partial charge on any atom is -0.356 e. The number of carbonyl (C=O) groups is 1. The normalized spacial score (nSPS) is 11.2. The third-order valence-corrected chi connectivity index (χ3v) is 3.41. The van der Waals surface area contributed by atoms with Gasteiger partial charge in [-0.05, 0) is 27.7 Å². The molecule has 0 fully saturated rings. The van der Waals surface area contributed by atoms with E-state index in [1.54, 1.807) is 7.05 Å². The van der Waals surface area contributed by atoms with E-state index in [9.17, 15) is 4.79 Å². The van der Waals surface area contributed by atoms with Crippen molar-refractivity contribution in [2.45, 2.75) is 46.7 Å². The van der Waals surface area contributed by atoms with Gasteiger partial charge in [0.2, 0.25) is 5.91 Å². The molecule has 1 heterocycles. The summed E-state index contributed by atoms with van der Waals surface area (Å²) in [7, 11) is 3.65. The van der Waals surface area contributed by atoms with Gasteiger partial charge < -0.3 is 16.0 Å². The lowest BCUT2D eigenvalue weighted by atomic mass is 10.2. The summed E-state index contributed by atoms with van der Waals surface area (Å²) in [6.07, 6.45) is 0.420. The van der Waals surface area contributed by atoms with Crippen LogP contribution < -0.4 is 16.0 Å². The van der Waals surface area contributed by atoms with Crippen molar-refractivity contribution in [1.29, 1.82) is 0 Å². The average Bonchev–Trinajstić information content (AvgIpc) is 2.67. The van der Waals surface area contributed by atoms with E-state index in [4.69, 9.17) is 0 Å². The van der Waals surface area contributed by atoms with Gasteiger partial charge in [0.25, 0.3) is 0 Å². The first-order valence-corrected chi connectivity index (χ1v) is 7.58. The molecule has 0 radical (unpaired) electrons. The van der Waals surface area contributed by atoms with Crippen molar-refractivity contribution in [3.8, 4) is 0 Å². The van der Waals surface area contributed by atoms with Gasteiger partial charge in [-0.1, -0.05) is 0 Å². The summed E-state index contributed by atoms with van der Waals surface area (Å²) in [6, 6.07) is 0.168. The van der Waals surface area contributed by atoms with Crippen LogP contribution in [0.1, 0.15) is 37.2 Å². The average molecular weight is 436 g/mol. The Morgan fingerprint density at radius 1 is 1.30 bits per heavy atom. The van der Waals surface area contributed by atoms with Crippen molar-refractivity contribution in [1.82, 2.24) is 25.7 Å². The number of nitrogens with one attached hydrogen (secondary N) is 3. The maximum atomic E-state index is 11.6.